The van der Waals surface area contributed by atoms with Gasteiger partial charge in [-0.2, -0.15) is 0 Å². The van der Waals surface area contributed by atoms with Crippen LogP contribution >= 0.6 is 0 Å². The van der Waals surface area contributed by atoms with E-state index in [1.54, 1.807) is 6.92 Å². The average molecular weight is 168 g/mol. The Hall–Kier alpha value is 0.390. The summed E-state index contributed by atoms with van der Waals surface area (Å²) in [5.74, 6) is 0. The van der Waals surface area contributed by atoms with E-state index in [4.69, 9.17) is 0 Å². The SMILES string of the molecule is Cc1cocc1S(=O)[O-].[Na+]. The zero-order valence-electron chi connectivity index (χ0n) is 5.79. The van der Waals surface area contributed by atoms with Crippen LogP contribution in [-0.2, 0) is 11.1 Å². The van der Waals surface area contributed by atoms with Crippen LogP contribution in [0.3, 0.4) is 0 Å². The van der Waals surface area contributed by atoms with Gasteiger partial charge in [0.1, 0.15) is 6.26 Å². The third-order valence-corrected chi connectivity index (χ3v) is 1.77. The molecule has 0 aliphatic carbocycles. The maximum atomic E-state index is 10.2. The predicted octanol–water partition coefficient (Wildman–Crippen LogP) is -2.17. The number of rotatable bonds is 1. The summed E-state index contributed by atoms with van der Waals surface area (Å²) in [6.07, 6.45) is 2.60. The van der Waals surface area contributed by atoms with Crippen molar-refractivity contribution in [1.29, 1.82) is 0 Å². The second kappa shape index (κ2) is 4.31. The van der Waals surface area contributed by atoms with Gasteiger partial charge in [0.2, 0.25) is 0 Å². The first-order valence-corrected chi connectivity index (χ1v) is 3.41. The van der Waals surface area contributed by atoms with Crippen LogP contribution in [0.1, 0.15) is 5.56 Å². The first kappa shape index (κ1) is 10.4. The minimum Gasteiger partial charge on any atom is -0.768 e. The minimum absolute atomic E-state index is 0. The quantitative estimate of drug-likeness (QED) is 0.354. The first-order valence-electron chi connectivity index (χ1n) is 2.34. The van der Waals surface area contributed by atoms with E-state index in [1.165, 1.54) is 12.5 Å². The third kappa shape index (κ3) is 2.21. The van der Waals surface area contributed by atoms with Crippen LogP contribution in [0.2, 0.25) is 0 Å². The predicted molar refractivity (Wildman–Crippen MR) is 30.6 cm³/mol. The van der Waals surface area contributed by atoms with E-state index in [1.807, 2.05) is 0 Å². The van der Waals surface area contributed by atoms with Crippen molar-refractivity contribution in [2.45, 2.75) is 11.8 Å². The van der Waals surface area contributed by atoms with Crippen molar-refractivity contribution in [1.82, 2.24) is 0 Å². The standard InChI is InChI=1S/C5H6O3S.Na/c1-4-2-8-3-5(4)9(6)7;/h2-3H,1H3,(H,6,7);/q;+1/p-1. The molecular formula is C5H5NaO3S. The van der Waals surface area contributed by atoms with E-state index in [9.17, 15) is 8.76 Å². The molecule has 0 radical (unpaired) electrons. The molecule has 1 aromatic rings. The van der Waals surface area contributed by atoms with Gasteiger partial charge in [0.25, 0.3) is 0 Å². The second-order valence-electron chi connectivity index (χ2n) is 1.65. The zero-order chi connectivity index (χ0) is 6.85. The largest absolute Gasteiger partial charge is 1.00 e. The summed E-state index contributed by atoms with van der Waals surface area (Å²) in [5, 5.41) is 0. The van der Waals surface area contributed by atoms with E-state index in [0.717, 1.165) is 0 Å². The van der Waals surface area contributed by atoms with Gasteiger partial charge in [-0.1, -0.05) is 0 Å². The summed E-state index contributed by atoms with van der Waals surface area (Å²) < 4.78 is 25.1. The van der Waals surface area contributed by atoms with Gasteiger partial charge < -0.3 is 8.97 Å². The molecule has 0 N–H and O–H groups in total. The normalized spacial score (nSPS) is 12.2. The smallest absolute Gasteiger partial charge is 0.768 e. The summed E-state index contributed by atoms with van der Waals surface area (Å²) in [5.41, 5.74) is 0.642. The van der Waals surface area contributed by atoms with Gasteiger partial charge in [0.05, 0.1) is 11.2 Å². The molecule has 3 nitrogen and oxygen atoms in total. The van der Waals surface area contributed by atoms with Crippen LogP contribution in [0.4, 0.5) is 0 Å². The van der Waals surface area contributed by atoms with Crippen molar-refractivity contribution in [2.75, 3.05) is 0 Å². The van der Waals surface area contributed by atoms with Crippen molar-refractivity contribution in [2.24, 2.45) is 0 Å². The van der Waals surface area contributed by atoms with Gasteiger partial charge in [-0.3, -0.25) is 4.21 Å². The molecule has 1 heterocycles. The summed E-state index contributed by atoms with van der Waals surface area (Å²) >= 11 is -2.15. The number of hydrogen-bond donors (Lipinski definition) is 0. The van der Waals surface area contributed by atoms with E-state index in [2.05, 4.69) is 4.42 Å². The van der Waals surface area contributed by atoms with Crippen molar-refractivity contribution in [3.8, 4) is 0 Å². The third-order valence-electron chi connectivity index (χ3n) is 0.988. The van der Waals surface area contributed by atoms with E-state index in [-0.39, 0.29) is 34.5 Å². The Morgan fingerprint density at radius 3 is 2.40 bits per heavy atom. The molecule has 0 saturated carbocycles. The molecule has 1 unspecified atom stereocenters. The first-order chi connectivity index (χ1) is 4.22. The molecule has 0 fully saturated rings. The molecule has 50 valence electrons. The molecule has 0 bridgehead atoms. The van der Waals surface area contributed by atoms with E-state index in [0.29, 0.717) is 5.56 Å². The Kier molecular flexibility index (Phi) is 4.47. The molecule has 0 aliphatic heterocycles. The molecule has 1 rings (SSSR count). The molecule has 0 aliphatic rings. The van der Waals surface area contributed by atoms with Crippen molar-refractivity contribution in [3.05, 3.63) is 18.1 Å². The molecule has 1 aromatic heterocycles. The zero-order valence-corrected chi connectivity index (χ0v) is 8.60. The van der Waals surface area contributed by atoms with Crippen LogP contribution in [0.25, 0.3) is 0 Å². The molecule has 0 amide bonds. The van der Waals surface area contributed by atoms with Gasteiger partial charge in [0, 0.05) is 5.56 Å². The Morgan fingerprint density at radius 2 is 2.20 bits per heavy atom. The average Bonchev–Trinajstić information content (AvgIpc) is 2.13. The van der Waals surface area contributed by atoms with E-state index < -0.39 is 11.1 Å². The number of furan rings is 1. The maximum absolute atomic E-state index is 10.2. The Labute approximate surface area is 83.4 Å². The van der Waals surface area contributed by atoms with Gasteiger partial charge in [-0.05, 0) is 18.0 Å². The molecule has 10 heavy (non-hydrogen) atoms. The summed E-state index contributed by atoms with van der Waals surface area (Å²) in [7, 11) is 0. The summed E-state index contributed by atoms with van der Waals surface area (Å²) in [4.78, 5) is 0.231. The molecule has 0 spiro atoms. The Bertz CT molecular complexity index is 233. The maximum Gasteiger partial charge on any atom is 1.00 e. The van der Waals surface area contributed by atoms with Crippen LogP contribution in [0.15, 0.2) is 21.8 Å². The van der Waals surface area contributed by atoms with Crippen LogP contribution < -0.4 is 29.6 Å². The summed E-state index contributed by atoms with van der Waals surface area (Å²) in [6, 6.07) is 0. The van der Waals surface area contributed by atoms with Gasteiger partial charge >= 0.3 is 29.6 Å². The summed E-state index contributed by atoms with van der Waals surface area (Å²) in [6.45, 7) is 1.68. The van der Waals surface area contributed by atoms with Gasteiger partial charge in [0.15, 0.2) is 0 Å². The van der Waals surface area contributed by atoms with E-state index >= 15 is 0 Å². The molecular weight excluding hydrogens is 163 g/mol. The minimum atomic E-state index is -2.15. The van der Waals surface area contributed by atoms with Crippen molar-refractivity contribution >= 4 is 11.1 Å². The topological polar surface area (TPSA) is 53.3 Å². The monoisotopic (exact) mass is 168 g/mol. The fourth-order valence-electron chi connectivity index (χ4n) is 0.520. The molecule has 1 atom stereocenters. The van der Waals surface area contributed by atoms with Crippen molar-refractivity contribution < 1.29 is 42.7 Å². The Morgan fingerprint density at radius 1 is 1.60 bits per heavy atom. The van der Waals surface area contributed by atoms with Crippen molar-refractivity contribution in [3.63, 3.8) is 0 Å². The van der Waals surface area contributed by atoms with Gasteiger partial charge in [-0.25, -0.2) is 0 Å². The van der Waals surface area contributed by atoms with Gasteiger partial charge in [-0.15, -0.1) is 0 Å². The Balaban J connectivity index is 0.000000810. The van der Waals surface area contributed by atoms with Crippen LogP contribution in [-0.4, -0.2) is 8.76 Å². The molecule has 0 aromatic carbocycles. The fraction of sp³-hybridized carbons (Fsp3) is 0.200. The number of hydrogen-bond acceptors (Lipinski definition) is 3. The molecule has 5 heteroatoms. The van der Waals surface area contributed by atoms with Crippen LogP contribution in [0, 0.1) is 6.92 Å². The van der Waals surface area contributed by atoms with Crippen LogP contribution in [0.5, 0.6) is 0 Å². The molecule has 0 saturated heterocycles. The second-order valence-corrected chi connectivity index (χ2v) is 2.56. The number of aryl methyl sites for hydroxylation is 1. The fourth-order valence-corrected chi connectivity index (χ4v) is 0.965.